The van der Waals surface area contributed by atoms with Crippen molar-refractivity contribution in [2.75, 3.05) is 0 Å². The molecule has 1 atom stereocenters. The fourth-order valence-electron chi connectivity index (χ4n) is 2.55. The van der Waals surface area contributed by atoms with Gasteiger partial charge in [0.2, 0.25) is 0 Å². The quantitative estimate of drug-likeness (QED) is 0.684. The van der Waals surface area contributed by atoms with Gasteiger partial charge in [-0.2, -0.15) is 0 Å². The maximum atomic E-state index is 6.09. The van der Waals surface area contributed by atoms with Crippen LogP contribution < -0.4 is 5.73 Å². The van der Waals surface area contributed by atoms with Crippen LogP contribution in [0.4, 0.5) is 0 Å². The molecule has 2 rings (SSSR count). The van der Waals surface area contributed by atoms with E-state index in [9.17, 15) is 0 Å². The molecule has 0 aliphatic heterocycles. The Morgan fingerprint density at radius 2 is 1.42 bits per heavy atom. The minimum Gasteiger partial charge on any atom is -0.328 e. The highest BCUT2D eigenvalue weighted by Gasteiger charge is 2.25. The number of hydrogen-bond acceptors (Lipinski definition) is 1. The van der Waals surface area contributed by atoms with E-state index in [0.29, 0.717) is 6.04 Å². The van der Waals surface area contributed by atoms with Crippen molar-refractivity contribution >= 4 is 0 Å². The van der Waals surface area contributed by atoms with Gasteiger partial charge in [-0.15, -0.1) is 0 Å². The van der Waals surface area contributed by atoms with Crippen molar-refractivity contribution in [3.8, 4) is 0 Å². The van der Waals surface area contributed by atoms with Crippen LogP contribution in [0.2, 0.25) is 0 Å². The van der Waals surface area contributed by atoms with Crippen LogP contribution in [0.25, 0.3) is 0 Å². The molecule has 0 aromatic heterocycles. The van der Waals surface area contributed by atoms with Gasteiger partial charge in [0.25, 0.3) is 0 Å². The van der Waals surface area contributed by atoms with Crippen molar-refractivity contribution in [1.29, 1.82) is 0 Å². The van der Waals surface area contributed by atoms with Gasteiger partial charge < -0.3 is 5.73 Å². The Morgan fingerprint density at radius 1 is 0.917 bits per heavy atom. The Bertz CT molecular complexity index is 134. The fraction of sp³-hybridized carbons (Fsp3) is 1.00. The molecule has 0 bridgehead atoms. The van der Waals surface area contributed by atoms with E-state index in [1.807, 2.05) is 0 Å². The van der Waals surface area contributed by atoms with Crippen LogP contribution in [0.5, 0.6) is 0 Å². The molecule has 0 heterocycles. The highest BCUT2D eigenvalue weighted by atomic mass is 14.6. The molecule has 0 aromatic rings. The smallest absolute Gasteiger partial charge is 0.00441 e. The molecule has 1 nitrogen and oxygen atoms in total. The molecule has 1 unspecified atom stereocenters. The second-order valence-electron chi connectivity index (χ2n) is 4.83. The van der Waals surface area contributed by atoms with Gasteiger partial charge in [-0.3, -0.25) is 0 Å². The summed E-state index contributed by atoms with van der Waals surface area (Å²) in [5.74, 6) is 2.00. The highest BCUT2D eigenvalue weighted by molar-refractivity contribution is 4.81. The van der Waals surface area contributed by atoms with Crippen LogP contribution in [-0.2, 0) is 0 Å². The maximum absolute atomic E-state index is 6.09. The number of nitrogens with two attached hydrogens (primary N) is 1. The number of rotatable bonds is 4. The Morgan fingerprint density at radius 3 is 1.92 bits per heavy atom. The van der Waals surface area contributed by atoms with Crippen LogP contribution in [0.3, 0.4) is 0 Å². The van der Waals surface area contributed by atoms with Crippen molar-refractivity contribution in [2.45, 2.75) is 57.4 Å². The second kappa shape index (κ2) is 3.78. The van der Waals surface area contributed by atoms with E-state index in [-0.39, 0.29) is 0 Å². The van der Waals surface area contributed by atoms with Gasteiger partial charge in [0.1, 0.15) is 0 Å². The summed E-state index contributed by atoms with van der Waals surface area (Å²) >= 11 is 0. The third-order valence-corrected chi connectivity index (χ3v) is 3.44. The van der Waals surface area contributed by atoms with Crippen LogP contribution in [0.15, 0.2) is 0 Å². The van der Waals surface area contributed by atoms with E-state index in [1.165, 1.54) is 51.4 Å². The lowest BCUT2D eigenvalue weighted by molar-refractivity contribution is 0.415. The third kappa shape index (κ3) is 2.48. The van der Waals surface area contributed by atoms with Gasteiger partial charge >= 0.3 is 0 Å². The third-order valence-electron chi connectivity index (χ3n) is 3.44. The average Bonchev–Trinajstić information content (AvgIpc) is 2.66. The summed E-state index contributed by atoms with van der Waals surface area (Å²) in [5.41, 5.74) is 6.09. The van der Waals surface area contributed by atoms with E-state index < -0.39 is 0 Å². The van der Waals surface area contributed by atoms with Gasteiger partial charge in [-0.25, -0.2) is 0 Å². The summed E-state index contributed by atoms with van der Waals surface area (Å²) in [5, 5.41) is 0. The molecule has 2 aliphatic rings. The maximum Gasteiger partial charge on any atom is 0.00441 e. The van der Waals surface area contributed by atoms with Crippen molar-refractivity contribution in [1.82, 2.24) is 0 Å². The number of hydrogen-bond donors (Lipinski definition) is 1. The Labute approximate surface area is 75.7 Å². The Hall–Kier alpha value is -0.0400. The molecular formula is C11H21N. The first-order valence-electron chi connectivity index (χ1n) is 5.60. The highest BCUT2D eigenvalue weighted by Crippen LogP contribution is 2.36. The van der Waals surface area contributed by atoms with Crippen molar-refractivity contribution in [3.63, 3.8) is 0 Å². The molecule has 12 heavy (non-hydrogen) atoms. The SMILES string of the molecule is NC(CC1CCCC1)CC1CC1. The molecule has 2 saturated carbocycles. The van der Waals surface area contributed by atoms with E-state index in [4.69, 9.17) is 5.73 Å². The lowest BCUT2D eigenvalue weighted by Crippen LogP contribution is -2.23. The molecular weight excluding hydrogens is 146 g/mol. The predicted octanol–water partition coefficient (Wildman–Crippen LogP) is 2.69. The van der Waals surface area contributed by atoms with Gasteiger partial charge in [0.15, 0.2) is 0 Å². The molecule has 1 heteroatoms. The van der Waals surface area contributed by atoms with Gasteiger partial charge in [-0.05, 0) is 24.7 Å². The first-order chi connectivity index (χ1) is 5.84. The minimum atomic E-state index is 0.528. The van der Waals surface area contributed by atoms with Gasteiger partial charge in [0.05, 0.1) is 0 Å². The summed E-state index contributed by atoms with van der Waals surface area (Å²) in [6.45, 7) is 0. The summed E-state index contributed by atoms with van der Waals surface area (Å²) in [6.07, 6.45) is 11.4. The zero-order chi connectivity index (χ0) is 8.39. The second-order valence-corrected chi connectivity index (χ2v) is 4.83. The molecule has 0 spiro atoms. The fourth-order valence-corrected chi connectivity index (χ4v) is 2.55. The van der Waals surface area contributed by atoms with E-state index in [2.05, 4.69) is 0 Å². The summed E-state index contributed by atoms with van der Waals surface area (Å²) in [7, 11) is 0. The lowest BCUT2D eigenvalue weighted by atomic mass is 9.96. The van der Waals surface area contributed by atoms with Crippen LogP contribution in [0.1, 0.15) is 51.4 Å². The average molecular weight is 167 g/mol. The van der Waals surface area contributed by atoms with Gasteiger partial charge in [0, 0.05) is 6.04 Å². The normalized spacial score (nSPS) is 27.8. The van der Waals surface area contributed by atoms with Crippen molar-refractivity contribution in [3.05, 3.63) is 0 Å². The molecule has 2 fully saturated rings. The topological polar surface area (TPSA) is 26.0 Å². The van der Waals surface area contributed by atoms with Crippen molar-refractivity contribution < 1.29 is 0 Å². The zero-order valence-electron chi connectivity index (χ0n) is 7.97. The largest absolute Gasteiger partial charge is 0.328 e. The first-order valence-corrected chi connectivity index (χ1v) is 5.60. The zero-order valence-corrected chi connectivity index (χ0v) is 7.97. The van der Waals surface area contributed by atoms with E-state index >= 15 is 0 Å². The monoisotopic (exact) mass is 167 g/mol. The molecule has 0 radical (unpaired) electrons. The summed E-state index contributed by atoms with van der Waals surface area (Å²) < 4.78 is 0. The summed E-state index contributed by atoms with van der Waals surface area (Å²) in [6, 6.07) is 0.528. The molecule has 70 valence electrons. The lowest BCUT2D eigenvalue weighted by Gasteiger charge is -2.15. The Balaban J connectivity index is 1.62. The molecule has 2 N–H and O–H groups in total. The molecule has 0 aromatic carbocycles. The predicted molar refractivity (Wildman–Crippen MR) is 51.9 cm³/mol. The molecule has 0 amide bonds. The van der Waals surface area contributed by atoms with E-state index in [1.54, 1.807) is 0 Å². The molecule has 2 aliphatic carbocycles. The van der Waals surface area contributed by atoms with Crippen molar-refractivity contribution in [2.24, 2.45) is 17.6 Å². The van der Waals surface area contributed by atoms with Crippen LogP contribution >= 0.6 is 0 Å². The van der Waals surface area contributed by atoms with Crippen LogP contribution in [0, 0.1) is 11.8 Å². The van der Waals surface area contributed by atoms with Crippen LogP contribution in [-0.4, -0.2) is 6.04 Å². The van der Waals surface area contributed by atoms with E-state index in [0.717, 1.165) is 11.8 Å². The summed E-state index contributed by atoms with van der Waals surface area (Å²) in [4.78, 5) is 0. The Kier molecular flexibility index (Phi) is 2.69. The van der Waals surface area contributed by atoms with Gasteiger partial charge in [-0.1, -0.05) is 38.5 Å². The molecule has 0 saturated heterocycles. The minimum absolute atomic E-state index is 0.528. The first kappa shape index (κ1) is 8.55. The standard InChI is InChI=1S/C11H21N/c12-11(8-10-5-6-10)7-9-3-1-2-4-9/h9-11H,1-8,12H2.